The van der Waals surface area contributed by atoms with Gasteiger partial charge in [0.25, 0.3) is 0 Å². The molecule has 0 saturated carbocycles. The average molecular weight is 249 g/mol. The number of halogens is 2. The van der Waals surface area contributed by atoms with Crippen molar-refractivity contribution < 1.29 is 0 Å². The van der Waals surface area contributed by atoms with E-state index in [1.807, 2.05) is 0 Å². The summed E-state index contributed by atoms with van der Waals surface area (Å²) in [7, 11) is 0. The second kappa shape index (κ2) is 6.10. The lowest BCUT2D eigenvalue weighted by atomic mass is 10.1. The number of nitrogens with zero attached hydrogens (tertiary/aromatic N) is 2. The molecular weight excluding hydrogens is 235 g/mol. The molecule has 0 amide bonds. The Hall–Kier alpha value is -0.580. The largest absolute Gasteiger partial charge is 0.367 e. The summed E-state index contributed by atoms with van der Waals surface area (Å²) in [4.78, 5) is 7.94. The van der Waals surface area contributed by atoms with Crippen LogP contribution in [0, 0.1) is 0 Å². The molecule has 1 saturated heterocycles. The second-order valence-electron chi connectivity index (χ2n) is 3.39. The van der Waals surface area contributed by atoms with E-state index in [0.717, 1.165) is 31.7 Å². The molecule has 0 aliphatic carbocycles. The molecule has 1 aliphatic heterocycles. The monoisotopic (exact) mass is 248 g/mol. The molecule has 0 unspecified atom stereocenters. The molecule has 1 aromatic heterocycles. The Bertz CT molecular complexity index is 302. The second-order valence-corrected chi connectivity index (χ2v) is 3.78. The van der Waals surface area contributed by atoms with Crippen molar-refractivity contribution in [3.63, 3.8) is 0 Å². The number of rotatable bonds is 2. The standard InChI is InChI=1S/C9H13ClN4.ClH/c10-8-5-9(13-6-12-8)14-7-1-3-11-4-2-7;/h5-7,11H,1-4H2,(H,12,13,14);1H. The molecule has 1 aliphatic rings. The van der Waals surface area contributed by atoms with E-state index in [1.54, 1.807) is 6.07 Å². The topological polar surface area (TPSA) is 49.8 Å². The predicted octanol–water partition coefficient (Wildman–Crippen LogP) is 1.72. The van der Waals surface area contributed by atoms with Crippen LogP contribution in [0.25, 0.3) is 0 Å². The van der Waals surface area contributed by atoms with Gasteiger partial charge in [-0.25, -0.2) is 9.97 Å². The van der Waals surface area contributed by atoms with Crippen molar-refractivity contribution >= 4 is 29.8 Å². The van der Waals surface area contributed by atoms with E-state index in [2.05, 4.69) is 20.6 Å². The quantitative estimate of drug-likeness (QED) is 0.783. The molecule has 84 valence electrons. The fraction of sp³-hybridized carbons (Fsp3) is 0.556. The smallest absolute Gasteiger partial charge is 0.134 e. The lowest BCUT2D eigenvalue weighted by Gasteiger charge is -2.23. The molecule has 1 fully saturated rings. The third-order valence-electron chi connectivity index (χ3n) is 2.32. The van der Waals surface area contributed by atoms with Gasteiger partial charge in [-0.05, 0) is 25.9 Å². The Morgan fingerprint density at radius 3 is 2.73 bits per heavy atom. The van der Waals surface area contributed by atoms with Crippen molar-refractivity contribution in [1.29, 1.82) is 0 Å². The third-order valence-corrected chi connectivity index (χ3v) is 2.53. The first-order valence-corrected chi connectivity index (χ1v) is 5.17. The van der Waals surface area contributed by atoms with Crippen LogP contribution in [0.3, 0.4) is 0 Å². The molecule has 0 aromatic carbocycles. The Kier molecular flexibility index (Phi) is 5.08. The van der Waals surface area contributed by atoms with Gasteiger partial charge in [0.05, 0.1) is 0 Å². The van der Waals surface area contributed by atoms with Crippen LogP contribution in [0.2, 0.25) is 5.15 Å². The maximum absolute atomic E-state index is 5.76. The average Bonchev–Trinajstić information content (AvgIpc) is 2.19. The van der Waals surface area contributed by atoms with Gasteiger partial charge in [0.2, 0.25) is 0 Å². The number of aromatic nitrogens is 2. The summed E-state index contributed by atoms with van der Waals surface area (Å²) < 4.78 is 0. The molecule has 4 nitrogen and oxygen atoms in total. The fourth-order valence-corrected chi connectivity index (χ4v) is 1.73. The molecular formula is C9H14Cl2N4. The highest BCUT2D eigenvalue weighted by Crippen LogP contribution is 2.13. The lowest BCUT2D eigenvalue weighted by molar-refractivity contribution is 0.478. The zero-order chi connectivity index (χ0) is 9.80. The van der Waals surface area contributed by atoms with Crippen molar-refractivity contribution in [2.24, 2.45) is 0 Å². The maximum Gasteiger partial charge on any atom is 0.134 e. The Balaban J connectivity index is 0.00000112. The van der Waals surface area contributed by atoms with E-state index in [4.69, 9.17) is 11.6 Å². The van der Waals surface area contributed by atoms with E-state index in [9.17, 15) is 0 Å². The van der Waals surface area contributed by atoms with E-state index in [1.165, 1.54) is 6.33 Å². The van der Waals surface area contributed by atoms with Gasteiger partial charge in [-0.3, -0.25) is 0 Å². The number of nitrogens with one attached hydrogen (secondary N) is 2. The predicted molar refractivity (Wildman–Crippen MR) is 63.8 cm³/mol. The minimum atomic E-state index is 0. The molecule has 2 N–H and O–H groups in total. The minimum Gasteiger partial charge on any atom is -0.367 e. The molecule has 2 heterocycles. The van der Waals surface area contributed by atoms with Crippen LogP contribution in [0.4, 0.5) is 5.82 Å². The number of hydrogen-bond donors (Lipinski definition) is 2. The van der Waals surface area contributed by atoms with Gasteiger partial charge in [0.1, 0.15) is 17.3 Å². The number of piperidine rings is 1. The van der Waals surface area contributed by atoms with Gasteiger partial charge in [-0.1, -0.05) is 11.6 Å². The summed E-state index contributed by atoms with van der Waals surface area (Å²) >= 11 is 5.76. The molecule has 0 spiro atoms. The van der Waals surface area contributed by atoms with Gasteiger partial charge in [-0.15, -0.1) is 12.4 Å². The third kappa shape index (κ3) is 3.81. The highest BCUT2D eigenvalue weighted by atomic mass is 35.5. The normalized spacial score (nSPS) is 16.9. The molecule has 2 rings (SSSR count). The van der Waals surface area contributed by atoms with Crippen LogP contribution >= 0.6 is 24.0 Å². The van der Waals surface area contributed by atoms with Crippen molar-refractivity contribution in [3.8, 4) is 0 Å². The first kappa shape index (κ1) is 12.5. The summed E-state index contributed by atoms with van der Waals surface area (Å²) in [5.74, 6) is 0.817. The number of hydrogen-bond acceptors (Lipinski definition) is 4. The Morgan fingerprint density at radius 2 is 2.07 bits per heavy atom. The number of anilines is 1. The van der Waals surface area contributed by atoms with Crippen LogP contribution in [-0.2, 0) is 0 Å². The summed E-state index contributed by atoms with van der Waals surface area (Å²) in [6, 6.07) is 2.26. The zero-order valence-corrected chi connectivity index (χ0v) is 9.81. The zero-order valence-electron chi connectivity index (χ0n) is 8.24. The molecule has 0 radical (unpaired) electrons. The van der Waals surface area contributed by atoms with Gasteiger partial charge in [-0.2, -0.15) is 0 Å². The first-order valence-electron chi connectivity index (χ1n) is 4.79. The fourth-order valence-electron chi connectivity index (χ4n) is 1.59. The van der Waals surface area contributed by atoms with E-state index in [0.29, 0.717) is 11.2 Å². The van der Waals surface area contributed by atoms with Gasteiger partial charge < -0.3 is 10.6 Å². The molecule has 15 heavy (non-hydrogen) atoms. The SMILES string of the molecule is Cl.Clc1cc(NC2CCNCC2)ncn1. The summed E-state index contributed by atoms with van der Waals surface area (Å²) in [5, 5.41) is 7.14. The van der Waals surface area contributed by atoms with Gasteiger partial charge in [0, 0.05) is 12.1 Å². The van der Waals surface area contributed by atoms with Gasteiger partial charge in [0.15, 0.2) is 0 Å². The van der Waals surface area contributed by atoms with Gasteiger partial charge >= 0.3 is 0 Å². The lowest BCUT2D eigenvalue weighted by Crippen LogP contribution is -2.35. The summed E-state index contributed by atoms with van der Waals surface area (Å²) in [6.07, 6.45) is 3.73. The summed E-state index contributed by atoms with van der Waals surface area (Å²) in [6.45, 7) is 2.13. The van der Waals surface area contributed by atoms with E-state index in [-0.39, 0.29) is 12.4 Å². The van der Waals surface area contributed by atoms with E-state index >= 15 is 0 Å². The molecule has 6 heteroatoms. The molecule has 0 atom stereocenters. The Labute approximate surface area is 100 Å². The van der Waals surface area contributed by atoms with Crippen LogP contribution in [0.5, 0.6) is 0 Å². The van der Waals surface area contributed by atoms with E-state index < -0.39 is 0 Å². The Morgan fingerprint density at radius 1 is 1.33 bits per heavy atom. The van der Waals surface area contributed by atoms with Crippen molar-refractivity contribution in [2.45, 2.75) is 18.9 Å². The first-order chi connectivity index (χ1) is 6.84. The molecule has 0 bridgehead atoms. The van der Waals surface area contributed by atoms with Crippen LogP contribution in [0.15, 0.2) is 12.4 Å². The highest BCUT2D eigenvalue weighted by molar-refractivity contribution is 6.29. The van der Waals surface area contributed by atoms with Crippen LogP contribution in [-0.4, -0.2) is 29.1 Å². The summed E-state index contributed by atoms with van der Waals surface area (Å²) in [5.41, 5.74) is 0. The highest BCUT2D eigenvalue weighted by Gasteiger charge is 2.12. The van der Waals surface area contributed by atoms with Crippen LogP contribution in [0.1, 0.15) is 12.8 Å². The van der Waals surface area contributed by atoms with Crippen molar-refractivity contribution in [1.82, 2.24) is 15.3 Å². The molecule has 1 aromatic rings. The maximum atomic E-state index is 5.76. The minimum absolute atomic E-state index is 0. The van der Waals surface area contributed by atoms with Crippen LogP contribution < -0.4 is 10.6 Å². The van der Waals surface area contributed by atoms with Crippen molar-refractivity contribution in [2.75, 3.05) is 18.4 Å². The van der Waals surface area contributed by atoms with Crippen molar-refractivity contribution in [3.05, 3.63) is 17.5 Å².